The standard InChI is InChI=1S/C9H9N3O5/c1-5-3-7(10-6(2)13)9(12(16)17)4-8(5)11(14)15/h3-4H,1-2H3,(H,10,13). The van der Waals surface area contributed by atoms with Crippen LogP contribution >= 0.6 is 0 Å². The van der Waals surface area contributed by atoms with E-state index in [0.29, 0.717) is 0 Å². The first-order valence-corrected chi connectivity index (χ1v) is 4.54. The van der Waals surface area contributed by atoms with Crippen molar-refractivity contribution in [1.29, 1.82) is 0 Å². The first-order chi connectivity index (χ1) is 7.82. The first kappa shape index (κ1) is 12.6. The second kappa shape index (κ2) is 4.56. The minimum absolute atomic E-state index is 0.0504. The zero-order valence-corrected chi connectivity index (χ0v) is 9.09. The SMILES string of the molecule is CC(=O)Nc1cc(C)c([N+](=O)[O-])cc1[N+](=O)[O-]. The average molecular weight is 239 g/mol. The minimum Gasteiger partial charge on any atom is -0.321 e. The normalized spacial score (nSPS) is 9.76. The molecule has 1 N–H and O–H groups in total. The van der Waals surface area contributed by atoms with Crippen molar-refractivity contribution in [1.82, 2.24) is 0 Å². The third kappa shape index (κ3) is 2.74. The number of benzene rings is 1. The molecule has 0 saturated heterocycles. The van der Waals surface area contributed by atoms with E-state index in [2.05, 4.69) is 5.32 Å². The summed E-state index contributed by atoms with van der Waals surface area (Å²) in [7, 11) is 0. The zero-order valence-electron chi connectivity index (χ0n) is 9.09. The third-order valence-electron chi connectivity index (χ3n) is 2.02. The van der Waals surface area contributed by atoms with Crippen molar-refractivity contribution >= 4 is 23.0 Å². The molecular weight excluding hydrogens is 230 g/mol. The van der Waals surface area contributed by atoms with Crippen LogP contribution in [0.2, 0.25) is 0 Å². The number of aryl methyl sites for hydroxylation is 1. The van der Waals surface area contributed by atoms with Gasteiger partial charge in [-0.3, -0.25) is 25.0 Å². The molecule has 8 nitrogen and oxygen atoms in total. The lowest BCUT2D eigenvalue weighted by Crippen LogP contribution is -2.09. The smallest absolute Gasteiger partial charge is 0.299 e. The molecule has 0 radical (unpaired) electrons. The number of carbonyl (C=O) groups is 1. The molecule has 0 aliphatic carbocycles. The van der Waals surface area contributed by atoms with E-state index in [4.69, 9.17) is 0 Å². The number of amides is 1. The van der Waals surface area contributed by atoms with Crippen LogP contribution in [0.15, 0.2) is 12.1 Å². The molecule has 0 heterocycles. The van der Waals surface area contributed by atoms with Crippen LogP contribution in [0.1, 0.15) is 12.5 Å². The minimum atomic E-state index is -0.780. The van der Waals surface area contributed by atoms with Crippen LogP contribution < -0.4 is 5.32 Å². The van der Waals surface area contributed by atoms with Gasteiger partial charge in [-0.1, -0.05) is 0 Å². The molecule has 0 unspecified atom stereocenters. The lowest BCUT2D eigenvalue weighted by atomic mass is 10.1. The van der Waals surface area contributed by atoms with E-state index in [0.717, 1.165) is 6.07 Å². The molecule has 90 valence electrons. The van der Waals surface area contributed by atoms with Crippen LogP contribution in [0.4, 0.5) is 17.1 Å². The predicted molar refractivity (Wildman–Crippen MR) is 58.8 cm³/mol. The van der Waals surface area contributed by atoms with Gasteiger partial charge in [0.05, 0.1) is 15.9 Å². The largest absolute Gasteiger partial charge is 0.321 e. The van der Waals surface area contributed by atoms with Crippen molar-refractivity contribution in [3.63, 3.8) is 0 Å². The maximum atomic E-state index is 10.9. The summed E-state index contributed by atoms with van der Waals surface area (Å²) in [6.07, 6.45) is 0. The summed E-state index contributed by atoms with van der Waals surface area (Å²) in [6, 6.07) is 2.04. The molecule has 0 aliphatic heterocycles. The molecule has 0 aliphatic rings. The summed E-state index contributed by atoms with van der Waals surface area (Å²) < 4.78 is 0. The van der Waals surface area contributed by atoms with Crippen LogP contribution in [0.25, 0.3) is 0 Å². The van der Waals surface area contributed by atoms with Crippen LogP contribution in [0.3, 0.4) is 0 Å². The topological polar surface area (TPSA) is 115 Å². The number of nitro benzene ring substituents is 2. The second-order valence-corrected chi connectivity index (χ2v) is 3.35. The third-order valence-corrected chi connectivity index (χ3v) is 2.02. The highest BCUT2D eigenvalue weighted by Gasteiger charge is 2.22. The van der Waals surface area contributed by atoms with Gasteiger partial charge in [0.1, 0.15) is 5.69 Å². The van der Waals surface area contributed by atoms with Crippen molar-refractivity contribution in [2.24, 2.45) is 0 Å². The van der Waals surface area contributed by atoms with Crippen molar-refractivity contribution < 1.29 is 14.6 Å². The molecule has 0 atom stereocenters. The number of rotatable bonds is 3. The maximum absolute atomic E-state index is 10.9. The molecule has 1 aromatic carbocycles. The molecule has 1 aromatic rings. The van der Waals surface area contributed by atoms with Gasteiger partial charge in [-0.25, -0.2) is 0 Å². The number of anilines is 1. The van der Waals surface area contributed by atoms with Gasteiger partial charge >= 0.3 is 0 Å². The quantitative estimate of drug-likeness (QED) is 0.637. The van der Waals surface area contributed by atoms with E-state index in [1.54, 1.807) is 0 Å². The summed E-state index contributed by atoms with van der Waals surface area (Å²) in [6.45, 7) is 2.63. The fourth-order valence-corrected chi connectivity index (χ4v) is 1.32. The van der Waals surface area contributed by atoms with Gasteiger partial charge in [-0.2, -0.15) is 0 Å². The summed E-state index contributed by atoms with van der Waals surface area (Å²) in [5.74, 6) is -0.485. The van der Waals surface area contributed by atoms with Gasteiger partial charge in [0.15, 0.2) is 0 Å². The molecule has 0 bridgehead atoms. The highest BCUT2D eigenvalue weighted by molar-refractivity contribution is 5.92. The Kier molecular flexibility index (Phi) is 3.37. The number of hydrogen-bond acceptors (Lipinski definition) is 5. The van der Waals surface area contributed by atoms with Crippen LogP contribution in [-0.4, -0.2) is 15.8 Å². The predicted octanol–water partition coefficient (Wildman–Crippen LogP) is 1.77. The highest BCUT2D eigenvalue weighted by atomic mass is 16.6. The van der Waals surface area contributed by atoms with Crippen molar-refractivity contribution in [2.75, 3.05) is 5.32 Å². The molecular formula is C9H9N3O5. The molecule has 8 heteroatoms. The molecule has 0 fully saturated rings. The Morgan fingerprint density at radius 1 is 1.18 bits per heavy atom. The monoisotopic (exact) mass is 239 g/mol. The summed E-state index contributed by atoms with van der Waals surface area (Å²) in [5.41, 5.74) is -0.668. The Hall–Kier alpha value is -2.51. The molecule has 17 heavy (non-hydrogen) atoms. The Balaban J connectivity index is 3.40. The number of hydrogen-bond donors (Lipinski definition) is 1. The number of nitro groups is 2. The molecule has 1 amide bonds. The number of nitrogens with zero attached hydrogens (tertiary/aromatic N) is 2. The summed E-state index contributed by atoms with van der Waals surface area (Å²) in [5, 5.41) is 23.6. The Morgan fingerprint density at radius 2 is 1.71 bits per heavy atom. The number of nitrogens with one attached hydrogen (secondary N) is 1. The molecule has 0 spiro atoms. The van der Waals surface area contributed by atoms with Gasteiger partial charge in [-0.15, -0.1) is 0 Å². The van der Waals surface area contributed by atoms with Crippen LogP contribution in [0.5, 0.6) is 0 Å². The zero-order chi connectivity index (χ0) is 13.2. The van der Waals surface area contributed by atoms with E-state index >= 15 is 0 Å². The second-order valence-electron chi connectivity index (χ2n) is 3.35. The van der Waals surface area contributed by atoms with Gasteiger partial charge in [0, 0.05) is 12.5 Å². The van der Waals surface area contributed by atoms with E-state index < -0.39 is 21.4 Å². The lowest BCUT2D eigenvalue weighted by Gasteiger charge is -2.05. The van der Waals surface area contributed by atoms with Gasteiger partial charge in [0.2, 0.25) is 5.91 Å². The Bertz CT molecular complexity index is 512. The molecule has 0 aromatic heterocycles. The van der Waals surface area contributed by atoms with E-state index in [1.807, 2.05) is 0 Å². The van der Waals surface area contributed by atoms with Crippen molar-refractivity contribution in [3.8, 4) is 0 Å². The summed E-state index contributed by atoms with van der Waals surface area (Å²) >= 11 is 0. The highest BCUT2D eigenvalue weighted by Crippen LogP contribution is 2.32. The fraction of sp³-hybridized carbons (Fsp3) is 0.222. The lowest BCUT2D eigenvalue weighted by molar-refractivity contribution is -0.394. The maximum Gasteiger partial charge on any atom is 0.299 e. The Morgan fingerprint density at radius 3 is 2.12 bits per heavy atom. The summed E-state index contributed by atoms with van der Waals surface area (Å²) in [4.78, 5) is 30.7. The van der Waals surface area contributed by atoms with E-state index in [9.17, 15) is 25.0 Å². The first-order valence-electron chi connectivity index (χ1n) is 4.54. The van der Waals surface area contributed by atoms with Crippen LogP contribution in [-0.2, 0) is 4.79 Å². The Labute approximate surface area is 95.5 Å². The van der Waals surface area contributed by atoms with Crippen molar-refractivity contribution in [3.05, 3.63) is 37.9 Å². The van der Waals surface area contributed by atoms with Gasteiger partial charge < -0.3 is 5.32 Å². The van der Waals surface area contributed by atoms with Crippen LogP contribution in [0, 0.1) is 27.2 Å². The average Bonchev–Trinajstić information content (AvgIpc) is 2.15. The van der Waals surface area contributed by atoms with Gasteiger partial charge in [-0.05, 0) is 13.0 Å². The molecule has 0 saturated carbocycles. The fourth-order valence-electron chi connectivity index (χ4n) is 1.32. The van der Waals surface area contributed by atoms with E-state index in [-0.39, 0.29) is 16.9 Å². The number of carbonyl (C=O) groups excluding carboxylic acids is 1. The van der Waals surface area contributed by atoms with Gasteiger partial charge in [0.25, 0.3) is 11.4 Å². The van der Waals surface area contributed by atoms with E-state index in [1.165, 1.54) is 19.9 Å². The van der Waals surface area contributed by atoms with Crippen molar-refractivity contribution in [2.45, 2.75) is 13.8 Å². The molecule has 1 rings (SSSR count).